The molecule has 55 heavy (non-hydrogen) atoms. The average molecular weight is 702 g/mol. The maximum atomic E-state index is 4.97. The Kier molecular flexibility index (Phi) is 8.04. The molecule has 0 atom stereocenters. The van der Waals surface area contributed by atoms with E-state index in [9.17, 15) is 0 Å². The Morgan fingerprint density at radius 3 is 1.44 bits per heavy atom. The molecule has 0 unspecified atom stereocenters. The van der Waals surface area contributed by atoms with Crippen LogP contribution in [-0.4, -0.2) is 15.4 Å². The fourth-order valence-corrected chi connectivity index (χ4v) is 8.44. The highest BCUT2D eigenvalue weighted by atomic mass is 15.3. The highest BCUT2D eigenvalue weighted by molar-refractivity contribution is 6.29. The number of aromatic nitrogens is 3. The molecule has 0 aliphatic heterocycles. The molecule has 10 aromatic rings. The van der Waals surface area contributed by atoms with Gasteiger partial charge in [-0.25, -0.2) is 0 Å². The Hall–Kier alpha value is -7.23. The standard InChI is InChI=1S/C52H35N3/c1-34-32-33-45-42-28-14-13-26-40(42)41-27-15-16-29-43(41)49(45)47(34)50-44(39-25-12-11-24-38(39)35-18-5-2-6-19-35)30-17-31-46(50)52-48(36-20-7-3-8-21-36)51(53-55-54-52)37-22-9-4-10-23-37/h2-33H,1H3. The van der Waals surface area contributed by atoms with Crippen LogP contribution in [0.15, 0.2) is 194 Å². The van der Waals surface area contributed by atoms with Crippen molar-refractivity contribution in [3.63, 3.8) is 0 Å². The molecule has 9 aromatic carbocycles. The zero-order valence-electron chi connectivity index (χ0n) is 30.3. The van der Waals surface area contributed by atoms with E-state index in [2.05, 4.69) is 188 Å². The normalized spacial score (nSPS) is 11.4. The van der Waals surface area contributed by atoms with Gasteiger partial charge >= 0.3 is 0 Å². The quantitative estimate of drug-likeness (QED) is 0.162. The third kappa shape index (κ3) is 5.48. The van der Waals surface area contributed by atoms with Gasteiger partial charge in [-0.05, 0) is 89.0 Å². The Morgan fingerprint density at radius 2 is 0.764 bits per heavy atom. The predicted octanol–water partition coefficient (Wildman–Crippen LogP) is 13.6. The van der Waals surface area contributed by atoms with Gasteiger partial charge < -0.3 is 0 Å². The summed E-state index contributed by atoms with van der Waals surface area (Å²) < 4.78 is 0. The molecule has 3 nitrogen and oxygen atoms in total. The summed E-state index contributed by atoms with van der Waals surface area (Å²) in [4.78, 5) is 0. The molecule has 0 saturated heterocycles. The van der Waals surface area contributed by atoms with Gasteiger partial charge in [-0.1, -0.05) is 194 Å². The van der Waals surface area contributed by atoms with E-state index in [0.717, 1.165) is 50.3 Å². The fraction of sp³-hybridized carbons (Fsp3) is 0.0192. The Morgan fingerprint density at radius 1 is 0.291 bits per heavy atom. The Bertz CT molecular complexity index is 2990. The van der Waals surface area contributed by atoms with Gasteiger partial charge in [0.1, 0.15) is 11.4 Å². The largest absolute Gasteiger partial charge is 0.129 e. The molecule has 0 amide bonds. The van der Waals surface area contributed by atoms with Crippen LogP contribution in [0.1, 0.15) is 5.56 Å². The molecule has 1 heterocycles. The Labute approximate surface area is 320 Å². The maximum Gasteiger partial charge on any atom is 0.105 e. The van der Waals surface area contributed by atoms with Crippen LogP contribution >= 0.6 is 0 Å². The van der Waals surface area contributed by atoms with Crippen LogP contribution in [-0.2, 0) is 0 Å². The first-order valence-electron chi connectivity index (χ1n) is 18.7. The highest BCUT2D eigenvalue weighted by Gasteiger charge is 2.26. The lowest BCUT2D eigenvalue weighted by Gasteiger charge is -2.23. The first kappa shape index (κ1) is 32.4. The summed E-state index contributed by atoms with van der Waals surface area (Å²) in [5, 5.41) is 21.6. The van der Waals surface area contributed by atoms with Crippen LogP contribution in [0, 0.1) is 6.92 Å². The molecule has 0 bridgehead atoms. The van der Waals surface area contributed by atoms with Crippen molar-refractivity contribution < 1.29 is 0 Å². The number of nitrogens with zero attached hydrogens (tertiary/aromatic N) is 3. The number of aryl methyl sites for hydroxylation is 1. The lowest BCUT2D eigenvalue weighted by molar-refractivity contribution is 0.879. The maximum absolute atomic E-state index is 4.97. The van der Waals surface area contributed by atoms with E-state index in [1.165, 1.54) is 54.6 Å². The second-order valence-corrected chi connectivity index (χ2v) is 14.0. The second-order valence-electron chi connectivity index (χ2n) is 14.0. The van der Waals surface area contributed by atoms with E-state index in [4.69, 9.17) is 10.2 Å². The fourth-order valence-electron chi connectivity index (χ4n) is 8.44. The first-order chi connectivity index (χ1) is 27.3. The van der Waals surface area contributed by atoms with E-state index < -0.39 is 0 Å². The Balaban J connectivity index is 1.40. The summed E-state index contributed by atoms with van der Waals surface area (Å²) in [6.45, 7) is 2.24. The zero-order chi connectivity index (χ0) is 36.7. The number of rotatable bonds is 6. The van der Waals surface area contributed by atoms with Gasteiger partial charge in [-0.15, -0.1) is 10.2 Å². The van der Waals surface area contributed by atoms with Gasteiger partial charge in [0.25, 0.3) is 0 Å². The third-order valence-corrected chi connectivity index (χ3v) is 10.9. The molecule has 0 saturated carbocycles. The van der Waals surface area contributed by atoms with Gasteiger partial charge in [0.05, 0.1) is 0 Å². The van der Waals surface area contributed by atoms with Gasteiger partial charge in [0.15, 0.2) is 0 Å². The van der Waals surface area contributed by atoms with Crippen molar-refractivity contribution in [3.8, 4) is 67.0 Å². The molecule has 3 heteroatoms. The van der Waals surface area contributed by atoms with Gasteiger partial charge in [-0.3, -0.25) is 0 Å². The molecule has 0 spiro atoms. The zero-order valence-corrected chi connectivity index (χ0v) is 30.3. The molecular formula is C52H35N3. The monoisotopic (exact) mass is 701 g/mol. The van der Waals surface area contributed by atoms with Crippen molar-refractivity contribution in [1.82, 2.24) is 15.4 Å². The summed E-state index contributed by atoms with van der Waals surface area (Å²) in [6.07, 6.45) is 0. The molecule has 0 fully saturated rings. The number of benzene rings is 9. The average Bonchev–Trinajstić information content (AvgIpc) is 3.27. The summed E-state index contributed by atoms with van der Waals surface area (Å²) >= 11 is 0. The smallest absolute Gasteiger partial charge is 0.105 e. The highest BCUT2D eigenvalue weighted by Crippen LogP contribution is 2.50. The van der Waals surface area contributed by atoms with E-state index in [0.29, 0.717) is 0 Å². The van der Waals surface area contributed by atoms with E-state index in [1.807, 2.05) is 18.2 Å². The van der Waals surface area contributed by atoms with Crippen molar-refractivity contribution in [2.75, 3.05) is 0 Å². The summed E-state index contributed by atoms with van der Waals surface area (Å²) in [5.74, 6) is 0. The predicted molar refractivity (Wildman–Crippen MR) is 230 cm³/mol. The summed E-state index contributed by atoms with van der Waals surface area (Å²) in [7, 11) is 0. The van der Waals surface area contributed by atoms with Crippen molar-refractivity contribution in [2.24, 2.45) is 0 Å². The summed E-state index contributed by atoms with van der Waals surface area (Å²) in [5.41, 5.74) is 13.7. The van der Waals surface area contributed by atoms with Crippen molar-refractivity contribution in [1.29, 1.82) is 0 Å². The topological polar surface area (TPSA) is 38.7 Å². The molecule has 0 aliphatic carbocycles. The summed E-state index contributed by atoms with van der Waals surface area (Å²) in [6, 6.07) is 69.2. The minimum atomic E-state index is 0.788. The van der Waals surface area contributed by atoms with Gasteiger partial charge in [0.2, 0.25) is 0 Å². The SMILES string of the molecule is Cc1ccc2c3ccccc3c3ccccc3c2c1-c1c(-c2ccccc2-c2ccccc2)cccc1-c1nnnc(-c2ccccc2)c1-c1ccccc1. The van der Waals surface area contributed by atoms with Gasteiger partial charge in [0, 0.05) is 16.7 Å². The van der Waals surface area contributed by atoms with Crippen molar-refractivity contribution in [3.05, 3.63) is 200 Å². The number of fused-ring (bicyclic) bond motifs is 6. The van der Waals surface area contributed by atoms with Crippen LogP contribution in [0.25, 0.3) is 99.3 Å². The molecule has 0 N–H and O–H groups in total. The third-order valence-electron chi connectivity index (χ3n) is 10.9. The lowest BCUT2D eigenvalue weighted by Crippen LogP contribution is -2.03. The van der Waals surface area contributed by atoms with E-state index in [-0.39, 0.29) is 0 Å². The van der Waals surface area contributed by atoms with Crippen molar-refractivity contribution >= 4 is 32.3 Å². The van der Waals surface area contributed by atoms with Crippen LogP contribution in [0.5, 0.6) is 0 Å². The number of hydrogen-bond donors (Lipinski definition) is 0. The van der Waals surface area contributed by atoms with Crippen LogP contribution in [0.4, 0.5) is 0 Å². The van der Waals surface area contributed by atoms with Crippen LogP contribution in [0.3, 0.4) is 0 Å². The van der Waals surface area contributed by atoms with Crippen LogP contribution < -0.4 is 0 Å². The molecule has 10 rings (SSSR count). The lowest BCUT2D eigenvalue weighted by atomic mass is 9.80. The van der Waals surface area contributed by atoms with E-state index >= 15 is 0 Å². The minimum absolute atomic E-state index is 0.788. The van der Waals surface area contributed by atoms with Crippen molar-refractivity contribution in [2.45, 2.75) is 6.92 Å². The second kappa shape index (κ2) is 13.6. The molecule has 1 aromatic heterocycles. The minimum Gasteiger partial charge on any atom is -0.129 e. The molecule has 258 valence electrons. The first-order valence-corrected chi connectivity index (χ1v) is 18.7. The molecule has 0 radical (unpaired) electrons. The number of hydrogen-bond acceptors (Lipinski definition) is 3. The molecule has 0 aliphatic rings. The van der Waals surface area contributed by atoms with Crippen LogP contribution in [0.2, 0.25) is 0 Å². The van der Waals surface area contributed by atoms with Gasteiger partial charge in [-0.2, -0.15) is 0 Å². The van der Waals surface area contributed by atoms with E-state index in [1.54, 1.807) is 0 Å². The molecular weight excluding hydrogens is 667 g/mol.